The molecule has 1 N–H and O–H groups in total. The molecule has 19 heavy (non-hydrogen) atoms. The zero-order valence-corrected chi connectivity index (χ0v) is 12.9. The molecule has 1 amide bonds. The van der Waals surface area contributed by atoms with E-state index in [0.29, 0.717) is 5.69 Å². The molecule has 2 rings (SSSR count). The standard InChI is InChI=1S/C15H21BrN2O/c1-11-4-2-5-12(10-11)7-9-18-15(19)14-13(16)6-3-8-17-14/h3,6,8,11-12H,2,4-5,7,9-10H2,1H3,(H,18,19). The summed E-state index contributed by atoms with van der Waals surface area (Å²) >= 11 is 3.35. The van der Waals surface area contributed by atoms with Crippen LogP contribution in [0.1, 0.15) is 49.5 Å². The topological polar surface area (TPSA) is 42.0 Å². The van der Waals surface area contributed by atoms with Crippen molar-refractivity contribution in [2.75, 3.05) is 6.54 Å². The molecule has 0 saturated heterocycles. The maximum absolute atomic E-state index is 12.0. The molecular weight excluding hydrogens is 304 g/mol. The Bertz CT molecular complexity index is 436. The number of hydrogen-bond acceptors (Lipinski definition) is 2. The molecule has 104 valence electrons. The second-order valence-electron chi connectivity index (χ2n) is 5.52. The lowest BCUT2D eigenvalue weighted by Gasteiger charge is -2.26. The minimum atomic E-state index is -0.0867. The van der Waals surface area contributed by atoms with Gasteiger partial charge in [0, 0.05) is 17.2 Å². The predicted octanol–water partition coefficient (Wildman–Crippen LogP) is 3.79. The van der Waals surface area contributed by atoms with Crippen LogP contribution in [0.2, 0.25) is 0 Å². The van der Waals surface area contributed by atoms with Gasteiger partial charge in [0.15, 0.2) is 0 Å². The Balaban J connectivity index is 1.76. The Morgan fingerprint density at radius 2 is 2.37 bits per heavy atom. The average molecular weight is 325 g/mol. The number of pyridine rings is 1. The normalized spacial score (nSPS) is 23.1. The first kappa shape index (κ1) is 14.5. The fourth-order valence-electron chi connectivity index (χ4n) is 2.85. The summed E-state index contributed by atoms with van der Waals surface area (Å²) in [5.41, 5.74) is 0.472. The number of halogens is 1. The van der Waals surface area contributed by atoms with E-state index in [4.69, 9.17) is 0 Å². The van der Waals surface area contributed by atoms with Crippen molar-refractivity contribution in [1.29, 1.82) is 0 Å². The Morgan fingerprint density at radius 3 is 3.11 bits per heavy atom. The van der Waals surface area contributed by atoms with Crippen molar-refractivity contribution in [2.24, 2.45) is 11.8 Å². The lowest BCUT2D eigenvalue weighted by Crippen LogP contribution is -2.28. The third-order valence-electron chi connectivity index (χ3n) is 3.86. The first-order chi connectivity index (χ1) is 9.16. The molecule has 3 nitrogen and oxygen atoms in total. The molecule has 1 aliphatic carbocycles. The second kappa shape index (κ2) is 7.04. The fraction of sp³-hybridized carbons (Fsp3) is 0.600. The third-order valence-corrected chi connectivity index (χ3v) is 4.50. The molecule has 0 aliphatic heterocycles. The molecule has 1 aromatic heterocycles. The minimum Gasteiger partial charge on any atom is -0.351 e. The fourth-order valence-corrected chi connectivity index (χ4v) is 3.28. The zero-order valence-electron chi connectivity index (χ0n) is 11.4. The molecule has 1 fully saturated rings. The van der Waals surface area contributed by atoms with Crippen molar-refractivity contribution in [1.82, 2.24) is 10.3 Å². The second-order valence-corrected chi connectivity index (χ2v) is 6.37. The quantitative estimate of drug-likeness (QED) is 0.915. The van der Waals surface area contributed by atoms with Crippen LogP contribution in [0.25, 0.3) is 0 Å². The molecular formula is C15H21BrN2O. The Labute approximate surface area is 123 Å². The minimum absolute atomic E-state index is 0.0867. The molecule has 4 heteroatoms. The van der Waals surface area contributed by atoms with E-state index in [1.807, 2.05) is 12.1 Å². The van der Waals surface area contributed by atoms with E-state index in [2.05, 4.69) is 33.2 Å². The molecule has 0 bridgehead atoms. The summed E-state index contributed by atoms with van der Waals surface area (Å²) in [7, 11) is 0. The van der Waals surface area contributed by atoms with Crippen LogP contribution in [0.5, 0.6) is 0 Å². The highest BCUT2D eigenvalue weighted by Gasteiger charge is 2.19. The molecule has 1 heterocycles. The van der Waals surface area contributed by atoms with Crippen LogP contribution in [0.3, 0.4) is 0 Å². The van der Waals surface area contributed by atoms with Crippen LogP contribution in [-0.4, -0.2) is 17.4 Å². The smallest absolute Gasteiger partial charge is 0.271 e. The van der Waals surface area contributed by atoms with Gasteiger partial charge in [-0.05, 0) is 52.7 Å². The largest absolute Gasteiger partial charge is 0.351 e. The predicted molar refractivity (Wildman–Crippen MR) is 80.0 cm³/mol. The SMILES string of the molecule is CC1CCCC(CCNC(=O)c2ncccc2Br)C1. The van der Waals surface area contributed by atoms with Crippen molar-refractivity contribution in [3.63, 3.8) is 0 Å². The lowest BCUT2D eigenvalue weighted by atomic mass is 9.81. The van der Waals surface area contributed by atoms with E-state index in [-0.39, 0.29) is 5.91 Å². The number of carbonyl (C=O) groups excluding carboxylic acids is 1. The summed E-state index contributed by atoms with van der Waals surface area (Å²) < 4.78 is 0.749. The van der Waals surface area contributed by atoms with Crippen LogP contribution in [0.4, 0.5) is 0 Å². The first-order valence-corrected chi connectivity index (χ1v) is 7.85. The average Bonchev–Trinajstić information content (AvgIpc) is 2.39. The monoisotopic (exact) mass is 324 g/mol. The van der Waals surface area contributed by atoms with E-state index in [0.717, 1.165) is 29.3 Å². The van der Waals surface area contributed by atoms with Gasteiger partial charge in [-0.1, -0.05) is 26.2 Å². The third kappa shape index (κ3) is 4.30. The van der Waals surface area contributed by atoms with Gasteiger partial charge < -0.3 is 5.32 Å². The first-order valence-electron chi connectivity index (χ1n) is 7.05. The van der Waals surface area contributed by atoms with Gasteiger partial charge in [0.2, 0.25) is 0 Å². The molecule has 1 aliphatic rings. The van der Waals surface area contributed by atoms with E-state index in [9.17, 15) is 4.79 Å². The maximum Gasteiger partial charge on any atom is 0.271 e. The van der Waals surface area contributed by atoms with Crippen LogP contribution in [-0.2, 0) is 0 Å². The number of carbonyl (C=O) groups is 1. The molecule has 1 aromatic rings. The van der Waals surface area contributed by atoms with Gasteiger partial charge in [-0.2, -0.15) is 0 Å². The van der Waals surface area contributed by atoms with Crippen LogP contribution in [0, 0.1) is 11.8 Å². The summed E-state index contributed by atoms with van der Waals surface area (Å²) in [5.74, 6) is 1.53. The number of nitrogens with zero attached hydrogens (tertiary/aromatic N) is 1. The Kier molecular flexibility index (Phi) is 5.37. The lowest BCUT2D eigenvalue weighted by molar-refractivity contribution is 0.0944. The van der Waals surface area contributed by atoms with E-state index < -0.39 is 0 Å². The maximum atomic E-state index is 12.0. The number of hydrogen-bond donors (Lipinski definition) is 1. The Hall–Kier alpha value is -0.900. The number of amides is 1. The van der Waals surface area contributed by atoms with Crippen molar-refractivity contribution in [2.45, 2.75) is 39.0 Å². The van der Waals surface area contributed by atoms with Crippen molar-refractivity contribution in [3.8, 4) is 0 Å². The highest BCUT2D eigenvalue weighted by atomic mass is 79.9. The summed E-state index contributed by atoms with van der Waals surface area (Å²) in [6.07, 6.45) is 8.05. The molecule has 1 saturated carbocycles. The van der Waals surface area contributed by atoms with Crippen LogP contribution < -0.4 is 5.32 Å². The molecule has 0 spiro atoms. The Morgan fingerprint density at radius 1 is 1.53 bits per heavy atom. The molecule has 0 aromatic carbocycles. The van der Waals surface area contributed by atoms with Gasteiger partial charge in [0.05, 0.1) is 0 Å². The van der Waals surface area contributed by atoms with Crippen molar-refractivity contribution >= 4 is 21.8 Å². The van der Waals surface area contributed by atoms with Gasteiger partial charge in [-0.25, -0.2) is 4.98 Å². The van der Waals surface area contributed by atoms with Gasteiger partial charge in [0.25, 0.3) is 5.91 Å². The van der Waals surface area contributed by atoms with E-state index in [1.165, 1.54) is 25.7 Å². The van der Waals surface area contributed by atoms with Gasteiger partial charge in [-0.3, -0.25) is 4.79 Å². The van der Waals surface area contributed by atoms with Crippen molar-refractivity contribution in [3.05, 3.63) is 28.5 Å². The van der Waals surface area contributed by atoms with Gasteiger partial charge in [0.1, 0.15) is 5.69 Å². The molecule has 0 radical (unpaired) electrons. The highest BCUT2D eigenvalue weighted by Crippen LogP contribution is 2.30. The van der Waals surface area contributed by atoms with Crippen molar-refractivity contribution < 1.29 is 4.79 Å². The molecule has 2 unspecified atom stereocenters. The van der Waals surface area contributed by atoms with Crippen LogP contribution in [0.15, 0.2) is 22.8 Å². The van der Waals surface area contributed by atoms with Gasteiger partial charge in [-0.15, -0.1) is 0 Å². The summed E-state index contributed by atoms with van der Waals surface area (Å²) in [6.45, 7) is 3.08. The number of rotatable bonds is 4. The number of nitrogens with one attached hydrogen (secondary N) is 1. The summed E-state index contributed by atoms with van der Waals surface area (Å²) in [6, 6.07) is 3.65. The van der Waals surface area contributed by atoms with Crippen LogP contribution >= 0.6 is 15.9 Å². The van der Waals surface area contributed by atoms with Gasteiger partial charge >= 0.3 is 0 Å². The van der Waals surface area contributed by atoms with E-state index >= 15 is 0 Å². The summed E-state index contributed by atoms with van der Waals surface area (Å²) in [4.78, 5) is 16.1. The molecule has 2 atom stereocenters. The highest BCUT2D eigenvalue weighted by molar-refractivity contribution is 9.10. The zero-order chi connectivity index (χ0) is 13.7. The number of aromatic nitrogens is 1. The van der Waals surface area contributed by atoms with E-state index in [1.54, 1.807) is 6.20 Å². The summed E-state index contributed by atoms with van der Waals surface area (Å²) in [5, 5.41) is 2.97.